The highest BCUT2D eigenvalue weighted by atomic mass is 15.1. The van der Waals surface area contributed by atoms with Crippen molar-refractivity contribution in [2.75, 3.05) is 18.0 Å². The van der Waals surface area contributed by atoms with Crippen LogP contribution in [0.1, 0.15) is 24.8 Å². The van der Waals surface area contributed by atoms with Crippen LogP contribution in [0.2, 0.25) is 0 Å². The van der Waals surface area contributed by atoms with Crippen molar-refractivity contribution in [2.45, 2.75) is 25.8 Å². The molecule has 0 radical (unpaired) electrons. The largest absolute Gasteiger partial charge is 0.367 e. The number of anilines is 1. The molecule has 4 aromatic rings. The van der Waals surface area contributed by atoms with Crippen molar-refractivity contribution in [2.24, 2.45) is 0 Å². The van der Waals surface area contributed by atoms with Gasteiger partial charge in [-0.2, -0.15) is 0 Å². The summed E-state index contributed by atoms with van der Waals surface area (Å²) in [6.45, 7) is 3.25. The molecule has 0 unspecified atom stereocenters. The third-order valence-electron chi connectivity index (χ3n) is 5.89. The molecular formula is C26H26N2. The van der Waals surface area contributed by atoms with E-state index in [2.05, 4.69) is 94.4 Å². The second kappa shape index (κ2) is 7.55. The van der Waals surface area contributed by atoms with E-state index in [1.165, 1.54) is 52.3 Å². The summed E-state index contributed by atoms with van der Waals surface area (Å²) >= 11 is 0. The predicted molar refractivity (Wildman–Crippen MR) is 121 cm³/mol. The minimum Gasteiger partial charge on any atom is -0.367 e. The molecular weight excluding hydrogens is 340 g/mol. The van der Waals surface area contributed by atoms with Crippen LogP contribution in [0.25, 0.3) is 27.9 Å². The summed E-state index contributed by atoms with van der Waals surface area (Å²) in [5, 5.41) is 2.74. The van der Waals surface area contributed by atoms with E-state index in [1.54, 1.807) is 0 Å². The molecule has 3 aromatic carbocycles. The number of para-hydroxylation sites is 3. The molecule has 2 heterocycles. The molecule has 0 amide bonds. The number of hydrogen-bond donors (Lipinski definition) is 0. The molecule has 0 bridgehead atoms. The molecule has 5 rings (SSSR count). The van der Waals surface area contributed by atoms with E-state index in [9.17, 15) is 0 Å². The Hall–Kier alpha value is -3.00. The lowest BCUT2D eigenvalue weighted by atomic mass is 10.1. The molecule has 2 heteroatoms. The van der Waals surface area contributed by atoms with Crippen molar-refractivity contribution in [1.82, 2.24) is 4.57 Å². The fourth-order valence-corrected chi connectivity index (χ4v) is 4.53. The van der Waals surface area contributed by atoms with Crippen molar-refractivity contribution < 1.29 is 0 Å². The Kier molecular flexibility index (Phi) is 4.62. The minimum atomic E-state index is 1.03. The fourth-order valence-electron chi connectivity index (χ4n) is 4.53. The first-order chi connectivity index (χ1) is 13.9. The maximum atomic E-state index is 2.51. The quantitative estimate of drug-likeness (QED) is 0.354. The molecule has 1 aromatic heterocycles. The highest BCUT2D eigenvalue weighted by Crippen LogP contribution is 2.29. The molecule has 2 nitrogen and oxygen atoms in total. The zero-order chi connectivity index (χ0) is 18.8. The number of benzene rings is 3. The average molecular weight is 367 g/mol. The summed E-state index contributed by atoms with van der Waals surface area (Å²) in [6.07, 6.45) is 8.23. The van der Waals surface area contributed by atoms with Gasteiger partial charge in [-0.1, -0.05) is 66.7 Å². The highest BCUT2D eigenvalue weighted by Gasteiger charge is 2.12. The second-order valence-electron chi connectivity index (χ2n) is 7.65. The van der Waals surface area contributed by atoms with Crippen LogP contribution in [0.5, 0.6) is 0 Å². The Bertz CT molecular complexity index is 1080. The number of aryl methyl sites for hydroxylation is 1. The normalized spacial score (nSPS) is 13.4. The lowest BCUT2D eigenvalue weighted by Gasteiger charge is -2.28. The molecule has 1 aliphatic rings. The van der Waals surface area contributed by atoms with Gasteiger partial charge in [0.15, 0.2) is 0 Å². The van der Waals surface area contributed by atoms with E-state index < -0.39 is 0 Å². The zero-order valence-corrected chi connectivity index (χ0v) is 16.2. The van der Waals surface area contributed by atoms with Gasteiger partial charge in [-0.15, -0.1) is 0 Å². The van der Waals surface area contributed by atoms with Crippen LogP contribution in [0.15, 0.2) is 78.9 Å². The molecule has 0 N–H and O–H groups in total. The summed E-state index contributed by atoms with van der Waals surface area (Å²) in [6, 6.07) is 26.3. The molecule has 140 valence electrons. The summed E-state index contributed by atoms with van der Waals surface area (Å²) in [4.78, 5) is 2.51. The molecule has 0 saturated heterocycles. The topological polar surface area (TPSA) is 8.17 Å². The van der Waals surface area contributed by atoms with Crippen LogP contribution in [-0.2, 0) is 6.54 Å². The first kappa shape index (κ1) is 17.1. The monoisotopic (exact) mass is 366 g/mol. The van der Waals surface area contributed by atoms with Gasteiger partial charge < -0.3 is 9.47 Å². The van der Waals surface area contributed by atoms with Gasteiger partial charge >= 0.3 is 0 Å². The standard InChI is InChI=1S/C26H26N2/c1(8-18-27-19-10-12-21-11-2-5-15-24(21)27)9-20-28-25-16-6-3-13-22(25)23-14-4-7-17-26(23)28/h2-7,10-17H,1,8-9,18-20H2. The second-order valence-corrected chi connectivity index (χ2v) is 7.65. The van der Waals surface area contributed by atoms with Crippen LogP contribution < -0.4 is 4.90 Å². The molecule has 0 atom stereocenters. The van der Waals surface area contributed by atoms with E-state index in [0.29, 0.717) is 0 Å². The SMILES string of the molecule is C1=Cc2ccccc2N(CCCCCn2c3ccccc3c3ccccc32)C1. The number of nitrogens with zero attached hydrogens (tertiary/aromatic N) is 2. The first-order valence-corrected chi connectivity index (χ1v) is 10.4. The van der Waals surface area contributed by atoms with E-state index in [0.717, 1.165) is 19.6 Å². The Morgan fingerprint density at radius 2 is 1.29 bits per heavy atom. The van der Waals surface area contributed by atoms with Crippen LogP contribution in [-0.4, -0.2) is 17.7 Å². The maximum absolute atomic E-state index is 2.51. The number of unbranched alkanes of at least 4 members (excludes halogenated alkanes) is 2. The third-order valence-corrected chi connectivity index (χ3v) is 5.89. The third kappa shape index (κ3) is 3.09. The molecule has 0 aliphatic carbocycles. The van der Waals surface area contributed by atoms with Crippen LogP contribution >= 0.6 is 0 Å². The molecule has 0 saturated carbocycles. The van der Waals surface area contributed by atoms with Gasteiger partial charge in [0.05, 0.1) is 0 Å². The van der Waals surface area contributed by atoms with Crippen molar-refractivity contribution in [3.63, 3.8) is 0 Å². The fraction of sp³-hybridized carbons (Fsp3) is 0.231. The van der Waals surface area contributed by atoms with Crippen LogP contribution in [0, 0.1) is 0 Å². The summed E-state index contributed by atoms with van der Waals surface area (Å²) in [5.74, 6) is 0. The van der Waals surface area contributed by atoms with Crippen molar-refractivity contribution >= 4 is 33.6 Å². The Morgan fingerprint density at radius 1 is 0.643 bits per heavy atom. The highest BCUT2D eigenvalue weighted by molar-refractivity contribution is 6.07. The van der Waals surface area contributed by atoms with Gasteiger partial charge in [-0.25, -0.2) is 0 Å². The van der Waals surface area contributed by atoms with Gasteiger partial charge in [-0.05, 0) is 43.0 Å². The smallest absolute Gasteiger partial charge is 0.0491 e. The molecule has 1 aliphatic heterocycles. The van der Waals surface area contributed by atoms with Gasteiger partial charge in [-0.3, -0.25) is 0 Å². The average Bonchev–Trinajstić information content (AvgIpc) is 3.08. The Balaban J connectivity index is 1.24. The maximum Gasteiger partial charge on any atom is 0.0491 e. The predicted octanol–water partition coefficient (Wildman–Crippen LogP) is 6.50. The van der Waals surface area contributed by atoms with Crippen LogP contribution in [0.4, 0.5) is 5.69 Å². The lowest BCUT2D eigenvalue weighted by Crippen LogP contribution is -2.27. The number of fused-ring (bicyclic) bond motifs is 4. The van der Waals surface area contributed by atoms with E-state index in [-0.39, 0.29) is 0 Å². The Labute approximate surface area is 166 Å². The molecule has 0 fully saturated rings. The number of rotatable bonds is 6. The van der Waals surface area contributed by atoms with Gasteiger partial charge in [0.1, 0.15) is 0 Å². The van der Waals surface area contributed by atoms with Crippen molar-refractivity contribution in [3.05, 3.63) is 84.4 Å². The summed E-state index contributed by atoms with van der Waals surface area (Å²) < 4.78 is 2.50. The first-order valence-electron chi connectivity index (χ1n) is 10.4. The summed E-state index contributed by atoms with van der Waals surface area (Å²) in [5.41, 5.74) is 5.45. The van der Waals surface area contributed by atoms with Crippen molar-refractivity contribution in [3.8, 4) is 0 Å². The van der Waals surface area contributed by atoms with E-state index in [1.807, 2.05) is 0 Å². The van der Waals surface area contributed by atoms with Gasteiger partial charge in [0.25, 0.3) is 0 Å². The lowest BCUT2D eigenvalue weighted by molar-refractivity contribution is 0.603. The summed E-state index contributed by atoms with van der Waals surface area (Å²) in [7, 11) is 0. The van der Waals surface area contributed by atoms with E-state index >= 15 is 0 Å². The number of aromatic nitrogens is 1. The van der Waals surface area contributed by atoms with Crippen LogP contribution in [0.3, 0.4) is 0 Å². The minimum absolute atomic E-state index is 1.03. The van der Waals surface area contributed by atoms with Crippen molar-refractivity contribution in [1.29, 1.82) is 0 Å². The Morgan fingerprint density at radius 3 is 2.07 bits per heavy atom. The number of hydrogen-bond acceptors (Lipinski definition) is 1. The molecule has 0 spiro atoms. The van der Waals surface area contributed by atoms with Gasteiger partial charge in [0.2, 0.25) is 0 Å². The zero-order valence-electron chi connectivity index (χ0n) is 16.2. The van der Waals surface area contributed by atoms with Gasteiger partial charge in [0, 0.05) is 47.1 Å². The molecule has 28 heavy (non-hydrogen) atoms. The van der Waals surface area contributed by atoms with E-state index in [4.69, 9.17) is 0 Å².